The van der Waals surface area contributed by atoms with E-state index in [0.29, 0.717) is 26.2 Å². The predicted octanol–water partition coefficient (Wildman–Crippen LogP) is -1.31. The Hall–Kier alpha value is -2.19. The van der Waals surface area contributed by atoms with Crippen molar-refractivity contribution in [3.63, 3.8) is 0 Å². The molecule has 3 saturated heterocycles. The molecule has 3 fully saturated rings. The second-order valence-electron chi connectivity index (χ2n) is 5.18. The Morgan fingerprint density at radius 2 is 1.25 bits per heavy atom. The molecule has 20 heavy (non-hydrogen) atoms. The molecule has 0 aromatic rings. The van der Waals surface area contributed by atoms with Crippen LogP contribution in [-0.4, -0.2) is 90.3 Å². The third-order valence-electron chi connectivity index (χ3n) is 4.08. The van der Waals surface area contributed by atoms with Crippen LogP contribution in [0.25, 0.3) is 0 Å². The highest BCUT2D eigenvalue weighted by atomic mass is 16.2. The zero-order chi connectivity index (χ0) is 14.4. The normalized spacial score (nSPS) is 30.4. The number of rotatable bonds is 2. The van der Waals surface area contributed by atoms with Crippen LogP contribution in [0.2, 0.25) is 0 Å². The number of hydrogen-bond acceptors (Lipinski definition) is 3. The third-order valence-corrected chi connectivity index (χ3v) is 4.08. The smallest absolute Gasteiger partial charge is 0.323 e. The van der Waals surface area contributed by atoms with Crippen molar-refractivity contribution in [1.29, 1.82) is 0 Å². The lowest BCUT2D eigenvalue weighted by Gasteiger charge is -2.36. The van der Waals surface area contributed by atoms with Crippen molar-refractivity contribution >= 4 is 18.1 Å². The summed E-state index contributed by atoms with van der Waals surface area (Å²) >= 11 is 0. The maximum atomic E-state index is 12.2. The molecule has 9 heteroatoms. The summed E-state index contributed by atoms with van der Waals surface area (Å²) in [7, 11) is 3.31. The zero-order valence-corrected chi connectivity index (χ0v) is 11.5. The van der Waals surface area contributed by atoms with Crippen molar-refractivity contribution in [2.24, 2.45) is 0 Å². The molecule has 0 aromatic carbocycles. The third kappa shape index (κ3) is 1.65. The molecule has 0 aliphatic carbocycles. The average molecular weight is 282 g/mol. The fraction of sp³-hybridized carbons (Fsp3) is 0.727. The second kappa shape index (κ2) is 4.43. The van der Waals surface area contributed by atoms with Crippen molar-refractivity contribution in [3.05, 3.63) is 0 Å². The van der Waals surface area contributed by atoms with Gasteiger partial charge in [0.15, 0.2) is 0 Å². The average Bonchev–Trinajstić information content (AvgIpc) is 3.06. The first-order chi connectivity index (χ1) is 9.52. The van der Waals surface area contributed by atoms with E-state index in [4.69, 9.17) is 0 Å². The van der Waals surface area contributed by atoms with E-state index in [1.165, 1.54) is 9.80 Å². The molecule has 0 aromatic heterocycles. The highest BCUT2D eigenvalue weighted by Gasteiger charge is 2.52. The molecule has 9 nitrogen and oxygen atoms in total. The van der Waals surface area contributed by atoms with Crippen LogP contribution in [-0.2, 0) is 0 Å². The summed E-state index contributed by atoms with van der Waals surface area (Å²) in [4.78, 5) is 42.2. The lowest BCUT2D eigenvalue weighted by Crippen LogP contribution is -2.58. The quantitative estimate of drug-likeness (QED) is 0.659. The molecular weight excluding hydrogens is 264 g/mol. The standard InChI is InChI=1S/C11H18N6O3/c1-14-7(16-5-3-12-9(16)18)8(15(2)11(14)20)17-6-4-13-10(17)19/h7-8H,3-6H2,1-2H3,(H,12,18)(H,13,19). The molecule has 2 N–H and O–H groups in total. The van der Waals surface area contributed by atoms with Crippen molar-refractivity contribution in [2.45, 2.75) is 12.3 Å². The number of carbonyl (C=O) groups is 3. The minimum absolute atomic E-state index is 0.195. The Kier molecular flexibility index (Phi) is 2.84. The van der Waals surface area contributed by atoms with Crippen molar-refractivity contribution < 1.29 is 14.4 Å². The second-order valence-corrected chi connectivity index (χ2v) is 5.18. The molecule has 3 rings (SSSR count). The van der Waals surface area contributed by atoms with Gasteiger partial charge in [-0.05, 0) is 0 Å². The Bertz CT molecular complexity index is 429. The summed E-state index contributed by atoms with van der Waals surface area (Å²) in [5.74, 6) is 0. The van der Waals surface area contributed by atoms with Crippen LogP contribution in [0.15, 0.2) is 0 Å². The lowest BCUT2D eigenvalue weighted by molar-refractivity contribution is 0.0619. The Balaban J connectivity index is 1.93. The summed E-state index contributed by atoms with van der Waals surface area (Å²) in [5, 5.41) is 5.46. The first kappa shape index (κ1) is 12.8. The monoisotopic (exact) mass is 282 g/mol. The molecule has 2 unspecified atom stereocenters. The van der Waals surface area contributed by atoms with E-state index in [0.717, 1.165) is 0 Å². The molecule has 110 valence electrons. The van der Waals surface area contributed by atoms with E-state index in [9.17, 15) is 14.4 Å². The topological polar surface area (TPSA) is 88.2 Å². The molecule has 3 aliphatic heterocycles. The Labute approximate surface area is 116 Å². The van der Waals surface area contributed by atoms with Crippen LogP contribution >= 0.6 is 0 Å². The summed E-state index contributed by atoms with van der Waals surface area (Å²) in [6.07, 6.45) is -0.919. The molecule has 0 saturated carbocycles. The predicted molar refractivity (Wildman–Crippen MR) is 68.7 cm³/mol. The van der Waals surface area contributed by atoms with Crippen LogP contribution in [0.5, 0.6) is 0 Å². The summed E-state index contributed by atoms with van der Waals surface area (Å²) in [6.45, 7) is 2.17. The van der Waals surface area contributed by atoms with Gasteiger partial charge < -0.3 is 20.4 Å². The minimum Gasteiger partial charge on any atom is -0.336 e. The van der Waals surface area contributed by atoms with Crippen LogP contribution in [0, 0.1) is 0 Å². The SMILES string of the molecule is CN1C(=O)N(C)C(N2CCNC2=O)C1N1CCNC1=O. The number of likely N-dealkylation sites (N-methyl/N-ethyl adjacent to an activating group) is 2. The van der Waals surface area contributed by atoms with E-state index >= 15 is 0 Å². The van der Waals surface area contributed by atoms with Gasteiger partial charge in [-0.25, -0.2) is 14.4 Å². The zero-order valence-electron chi connectivity index (χ0n) is 11.5. The number of carbonyl (C=O) groups excluding carboxylic acids is 3. The molecule has 2 atom stereocenters. The van der Waals surface area contributed by atoms with Gasteiger partial charge in [-0.2, -0.15) is 0 Å². The number of amides is 6. The first-order valence-electron chi connectivity index (χ1n) is 6.61. The number of nitrogens with zero attached hydrogens (tertiary/aromatic N) is 4. The highest BCUT2D eigenvalue weighted by molar-refractivity contribution is 5.83. The van der Waals surface area contributed by atoms with Gasteiger partial charge in [-0.1, -0.05) is 0 Å². The fourth-order valence-electron chi connectivity index (χ4n) is 3.09. The summed E-state index contributed by atoms with van der Waals surface area (Å²) in [5.41, 5.74) is 0. The Morgan fingerprint density at radius 3 is 1.55 bits per heavy atom. The van der Waals surface area contributed by atoms with E-state index in [2.05, 4.69) is 10.6 Å². The molecule has 3 aliphatic rings. The Morgan fingerprint density at radius 1 is 0.850 bits per heavy atom. The van der Waals surface area contributed by atoms with Crippen LogP contribution in [0.1, 0.15) is 0 Å². The van der Waals surface area contributed by atoms with Crippen molar-refractivity contribution in [3.8, 4) is 0 Å². The largest absolute Gasteiger partial charge is 0.336 e. The first-order valence-corrected chi connectivity index (χ1v) is 6.61. The minimum atomic E-state index is -0.459. The van der Waals surface area contributed by atoms with Gasteiger partial charge in [-0.15, -0.1) is 0 Å². The van der Waals surface area contributed by atoms with E-state index in [1.54, 1.807) is 23.9 Å². The van der Waals surface area contributed by atoms with E-state index < -0.39 is 12.3 Å². The van der Waals surface area contributed by atoms with Gasteiger partial charge in [0.1, 0.15) is 12.3 Å². The molecule has 0 spiro atoms. The maximum absolute atomic E-state index is 12.2. The van der Waals surface area contributed by atoms with Crippen LogP contribution < -0.4 is 10.6 Å². The van der Waals surface area contributed by atoms with Gasteiger partial charge in [0.25, 0.3) is 0 Å². The van der Waals surface area contributed by atoms with Crippen molar-refractivity contribution in [2.75, 3.05) is 40.3 Å². The van der Waals surface area contributed by atoms with Crippen LogP contribution in [0.3, 0.4) is 0 Å². The summed E-state index contributed by atoms with van der Waals surface area (Å²) in [6, 6.07) is -0.594. The lowest BCUT2D eigenvalue weighted by atomic mass is 10.3. The molecule has 3 heterocycles. The van der Waals surface area contributed by atoms with Gasteiger partial charge in [-0.3, -0.25) is 9.80 Å². The number of hydrogen-bond donors (Lipinski definition) is 2. The fourth-order valence-corrected chi connectivity index (χ4v) is 3.09. The van der Waals surface area contributed by atoms with Crippen molar-refractivity contribution in [1.82, 2.24) is 30.2 Å². The summed E-state index contributed by atoms with van der Waals surface area (Å²) < 4.78 is 0. The van der Waals surface area contributed by atoms with E-state index in [-0.39, 0.29) is 18.1 Å². The van der Waals surface area contributed by atoms with Gasteiger partial charge in [0.2, 0.25) is 0 Å². The van der Waals surface area contributed by atoms with Gasteiger partial charge in [0, 0.05) is 40.3 Å². The molecule has 0 bridgehead atoms. The van der Waals surface area contributed by atoms with Gasteiger partial charge in [0.05, 0.1) is 0 Å². The van der Waals surface area contributed by atoms with Crippen LogP contribution in [0.4, 0.5) is 14.4 Å². The van der Waals surface area contributed by atoms with E-state index in [1.807, 2.05) is 0 Å². The molecule has 0 radical (unpaired) electrons. The number of nitrogens with one attached hydrogen (secondary N) is 2. The maximum Gasteiger partial charge on any atom is 0.323 e. The number of urea groups is 3. The molecule has 6 amide bonds. The van der Waals surface area contributed by atoms with Gasteiger partial charge >= 0.3 is 18.1 Å². The highest BCUT2D eigenvalue weighted by Crippen LogP contribution is 2.27. The molecular formula is C11H18N6O3.